The fourth-order valence-electron chi connectivity index (χ4n) is 2.37. The predicted octanol–water partition coefficient (Wildman–Crippen LogP) is 2.79. The number of carbonyl (C=O) groups excluding carboxylic acids is 1. The number of hydrogen-bond donors (Lipinski definition) is 2. The lowest BCUT2D eigenvalue weighted by Crippen LogP contribution is -2.41. The summed E-state index contributed by atoms with van der Waals surface area (Å²) in [5.74, 6) is -0.829. The van der Waals surface area contributed by atoms with Crippen molar-refractivity contribution in [2.45, 2.75) is 51.6 Å². The van der Waals surface area contributed by atoms with Crippen molar-refractivity contribution in [3.05, 3.63) is 35.4 Å². The van der Waals surface area contributed by atoms with Crippen LogP contribution in [0.1, 0.15) is 43.7 Å². The van der Waals surface area contributed by atoms with Crippen LogP contribution < -0.4 is 5.32 Å². The molecule has 2 rings (SSSR count). The van der Waals surface area contributed by atoms with Gasteiger partial charge in [0.05, 0.1) is 0 Å². The minimum atomic E-state index is -0.829. The SMILES string of the molecule is CCc1ccc(CN(C(=O)NCCCC(=O)O)C2CC2)cc1. The minimum absolute atomic E-state index is 0.0855. The molecule has 1 aliphatic carbocycles. The van der Waals surface area contributed by atoms with E-state index in [1.54, 1.807) is 0 Å². The van der Waals surface area contributed by atoms with Crippen LogP contribution in [0.15, 0.2) is 24.3 Å². The number of carboxylic acid groups (broad SMARTS) is 1. The first kappa shape index (κ1) is 16.3. The number of urea groups is 1. The Kier molecular flexibility index (Phi) is 5.81. The van der Waals surface area contributed by atoms with Gasteiger partial charge in [0.15, 0.2) is 0 Å². The molecule has 5 heteroatoms. The molecule has 22 heavy (non-hydrogen) atoms. The Morgan fingerprint density at radius 3 is 2.41 bits per heavy atom. The number of aryl methyl sites for hydroxylation is 1. The van der Waals surface area contributed by atoms with Crippen LogP contribution in [0, 0.1) is 0 Å². The van der Waals surface area contributed by atoms with Crippen LogP contribution in [0.25, 0.3) is 0 Å². The molecule has 0 radical (unpaired) electrons. The summed E-state index contributed by atoms with van der Waals surface area (Å²) in [7, 11) is 0. The average Bonchev–Trinajstić information content (AvgIpc) is 3.34. The molecule has 1 aromatic carbocycles. The fraction of sp³-hybridized carbons (Fsp3) is 0.529. The second-order valence-corrected chi connectivity index (χ2v) is 5.76. The van der Waals surface area contributed by atoms with Gasteiger partial charge in [0.1, 0.15) is 0 Å². The molecule has 1 aliphatic rings. The van der Waals surface area contributed by atoms with Gasteiger partial charge in [-0.15, -0.1) is 0 Å². The molecule has 1 aromatic rings. The van der Waals surface area contributed by atoms with Crippen LogP contribution in [0.5, 0.6) is 0 Å². The third kappa shape index (κ3) is 5.06. The van der Waals surface area contributed by atoms with Crippen LogP contribution in [-0.4, -0.2) is 34.6 Å². The molecule has 0 bridgehead atoms. The maximum Gasteiger partial charge on any atom is 0.317 e. The number of amides is 2. The molecule has 120 valence electrons. The number of rotatable bonds is 8. The van der Waals surface area contributed by atoms with E-state index >= 15 is 0 Å². The summed E-state index contributed by atoms with van der Waals surface area (Å²) >= 11 is 0. The smallest absolute Gasteiger partial charge is 0.317 e. The Labute approximate surface area is 131 Å². The Morgan fingerprint density at radius 2 is 1.86 bits per heavy atom. The summed E-state index contributed by atoms with van der Waals surface area (Å²) in [4.78, 5) is 24.6. The van der Waals surface area contributed by atoms with Gasteiger partial charge in [-0.2, -0.15) is 0 Å². The summed E-state index contributed by atoms with van der Waals surface area (Å²) < 4.78 is 0. The fourth-order valence-corrected chi connectivity index (χ4v) is 2.37. The number of nitrogens with zero attached hydrogens (tertiary/aromatic N) is 1. The van der Waals surface area contributed by atoms with Crippen molar-refractivity contribution < 1.29 is 14.7 Å². The van der Waals surface area contributed by atoms with Crippen LogP contribution in [0.4, 0.5) is 4.79 Å². The third-order valence-electron chi connectivity index (χ3n) is 3.88. The zero-order chi connectivity index (χ0) is 15.9. The monoisotopic (exact) mass is 304 g/mol. The molecular formula is C17H24N2O3. The van der Waals surface area contributed by atoms with Crippen molar-refractivity contribution in [3.8, 4) is 0 Å². The summed E-state index contributed by atoms with van der Waals surface area (Å²) in [6.07, 6.45) is 3.66. The average molecular weight is 304 g/mol. The van der Waals surface area contributed by atoms with Crippen molar-refractivity contribution in [2.24, 2.45) is 0 Å². The normalized spacial score (nSPS) is 13.7. The molecule has 0 aliphatic heterocycles. The lowest BCUT2D eigenvalue weighted by molar-refractivity contribution is -0.137. The van der Waals surface area contributed by atoms with Crippen LogP contribution >= 0.6 is 0 Å². The summed E-state index contributed by atoms with van der Waals surface area (Å²) in [5.41, 5.74) is 2.42. The number of nitrogens with one attached hydrogen (secondary N) is 1. The molecule has 2 amide bonds. The highest BCUT2D eigenvalue weighted by atomic mass is 16.4. The van der Waals surface area contributed by atoms with Gasteiger partial charge in [-0.1, -0.05) is 31.2 Å². The second-order valence-electron chi connectivity index (χ2n) is 5.76. The van der Waals surface area contributed by atoms with Crippen molar-refractivity contribution in [2.75, 3.05) is 6.54 Å². The maximum atomic E-state index is 12.3. The van der Waals surface area contributed by atoms with E-state index in [1.807, 2.05) is 4.90 Å². The number of benzene rings is 1. The van der Waals surface area contributed by atoms with E-state index in [-0.39, 0.29) is 12.5 Å². The molecule has 1 saturated carbocycles. The number of aliphatic carboxylic acids is 1. The van der Waals surface area contributed by atoms with Gasteiger partial charge in [0, 0.05) is 25.6 Å². The Morgan fingerprint density at radius 1 is 1.23 bits per heavy atom. The van der Waals surface area contributed by atoms with E-state index in [4.69, 9.17) is 5.11 Å². The van der Waals surface area contributed by atoms with Crippen molar-refractivity contribution in [1.82, 2.24) is 10.2 Å². The highest BCUT2D eigenvalue weighted by Crippen LogP contribution is 2.28. The maximum absolute atomic E-state index is 12.3. The number of hydrogen-bond acceptors (Lipinski definition) is 2. The summed E-state index contributed by atoms with van der Waals surface area (Å²) in [6, 6.07) is 8.59. The largest absolute Gasteiger partial charge is 0.481 e. The molecule has 0 spiro atoms. The number of carboxylic acids is 1. The molecule has 0 unspecified atom stereocenters. The quantitative estimate of drug-likeness (QED) is 0.726. The van der Waals surface area contributed by atoms with E-state index in [9.17, 15) is 9.59 Å². The minimum Gasteiger partial charge on any atom is -0.481 e. The van der Waals surface area contributed by atoms with Crippen molar-refractivity contribution in [1.29, 1.82) is 0 Å². The first-order chi connectivity index (χ1) is 10.6. The van der Waals surface area contributed by atoms with Gasteiger partial charge in [-0.25, -0.2) is 4.79 Å². The van der Waals surface area contributed by atoms with E-state index < -0.39 is 5.97 Å². The van der Waals surface area contributed by atoms with Crippen LogP contribution in [-0.2, 0) is 17.8 Å². The highest BCUT2D eigenvalue weighted by Gasteiger charge is 2.32. The van der Waals surface area contributed by atoms with Gasteiger partial charge in [-0.05, 0) is 36.8 Å². The second kappa shape index (κ2) is 7.82. The molecule has 2 N–H and O–H groups in total. The zero-order valence-corrected chi connectivity index (χ0v) is 13.0. The lowest BCUT2D eigenvalue weighted by atomic mass is 10.1. The summed E-state index contributed by atoms with van der Waals surface area (Å²) in [5, 5.41) is 11.4. The van der Waals surface area contributed by atoms with E-state index in [0.29, 0.717) is 25.6 Å². The molecule has 5 nitrogen and oxygen atoms in total. The van der Waals surface area contributed by atoms with Gasteiger partial charge < -0.3 is 15.3 Å². The Balaban J connectivity index is 1.86. The van der Waals surface area contributed by atoms with Crippen molar-refractivity contribution in [3.63, 3.8) is 0 Å². The predicted molar refractivity (Wildman–Crippen MR) is 84.7 cm³/mol. The zero-order valence-electron chi connectivity index (χ0n) is 13.0. The highest BCUT2D eigenvalue weighted by molar-refractivity contribution is 5.75. The molecule has 0 heterocycles. The number of carbonyl (C=O) groups is 2. The van der Waals surface area contributed by atoms with Crippen LogP contribution in [0.3, 0.4) is 0 Å². The Bertz CT molecular complexity index is 509. The van der Waals surface area contributed by atoms with E-state index in [1.165, 1.54) is 5.56 Å². The molecule has 0 atom stereocenters. The molecule has 1 fully saturated rings. The standard InChI is InChI=1S/C17H24N2O3/c1-2-13-5-7-14(8-6-13)12-19(15-9-10-15)17(22)18-11-3-4-16(20)21/h5-8,15H,2-4,9-12H2,1H3,(H,18,22)(H,20,21). The molecule has 0 aromatic heterocycles. The van der Waals surface area contributed by atoms with Gasteiger partial charge in [0.25, 0.3) is 0 Å². The van der Waals surface area contributed by atoms with E-state index in [2.05, 4.69) is 36.5 Å². The molecule has 0 saturated heterocycles. The van der Waals surface area contributed by atoms with Crippen LogP contribution in [0.2, 0.25) is 0 Å². The van der Waals surface area contributed by atoms with Gasteiger partial charge >= 0.3 is 12.0 Å². The Hall–Kier alpha value is -2.04. The third-order valence-corrected chi connectivity index (χ3v) is 3.88. The first-order valence-electron chi connectivity index (χ1n) is 7.94. The van der Waals surface area contributed by atoms with E-state index in [0.717, 1.165) is 24.8 Å². The topological polar surface area (TPSA) is 69.6 Å². The van der Waals surface area contributed by atoms with Gasteiger partial charge in [-0.3, -0.25) is 4.79 Å². The van der Waals surface area contributed by atoms with Gasteiger partial charge in [0.2, 0.25) is 0 Å². The first-order valence-corrected chi connectivity index (χ1v) is 7.94. The lowest BCUT2D eigenvalue weighted by Gasteiger charge is -2.23. The van der Waals surface area contributed by atoms with Crippen molar-refractivity contribution >= 4 is 12.0 Å². The molecular weight excluding hydrogens is 280 g/mol. The summed E-state index contributed by atoms with van der Waals surface area (Å²) in [6.45, 7) is 3.14.